The number of fused-ring (bicyclic) bond motifs is 1. The van der Waals surface area contributed by atoms with E-state index in [4.69, 9.17) is 4.74 Å². The Kier molecular flexibility index (Phi) is 4.63. The molecular formula is C22H22N4O4. The molecule has 2 aromatic carbocycles. The number of carbonyl (C=O) groups excluding carboxylic acids is 2. The molecule has 2 aliphatic rings. The molecule has 154 valence electrons. The van der Waals surface area contributed by atoms with E-state index in [9.17, 15) is 14.8 Å². The first-order valence-electron chi connectivity index (χ1n) is 10.1. The van der Waals surface area contributed by atoms with Gasteiger partial charge in [-0.05, 0) is 29.3 Å². The fraction of sp³-hybridized carbons (Fsp3) is 0.318. The molecule has 2 fully saturated rings. The van der Waals surface area contributed by atoms with Gasteiger partial charge in [-0.15, -0.1) is 9.94 Å². The topological polar surface area (TPSA) is 87.9 Å². The number of hydrogen-bond donors (Lipinski definition) is 1. The summed E-state index contributed by atoms with van der Waals surface area (Å²) in [5.74, 6) is 0.0173. The molecule has 5 rings (SSSR count). The minimum absolute atomic E-state index is 0.0250. The monoisotopic (exact) mass is 406 g/mol. The van der Waals surface area contributed by atoms with Crippen molar-refractivity contribution < 1.29 is 19.5 Å². The lowest BCUT2D eigenvalue weighted by Crippen LogP contribution is -2.54. The Morgan fingerprint density at radius 2 is 1.63 bits per heavy atom. The molecule has 2 amide bonds. The lowest BCUT2D eigenvalue weighted by molar-refractivity contribution is -0.157. The summed E-state index contributed by atoms with van der Waals surface area (Å²) < 4.78 is 5.27. The first-order chi connectivity index (χ1) is 14.6. The second kappa shape index (κ2) is 7.46. The number of amides is 2. The fourth-order valence-corrected chi connectivity index (χ4v) is 3.93. The highest BCUT2D eigenvalue weighted by molar-refractivity contribution is 5.95. The van der Waals surface area contributed by atoms with Gasteiger partial charge >= 0.3 is 0 Å². The number of nitrogens with zero attached hydrogens (tertiary/aromatic N) is 4. The third-order valence-electron chi connectivity index (χ3n) is 5.81. The largest absolute Gasteiger partial charge is 0.412 e. The predicted octanol–water partition coefficient (Wildman–Crippen LogP) is 2.01. The van der Waals surface area contributed by atoms with Crippen LogP contribution >= 0.6 is 0 Å². The second-order valence-corrected chi connectivity index (χ2v) is 7.67. The Morgan fingerprint density at radius 1 is 0.967 bits per heavy atom. The van der Waals surface area contributed by atoms with Crippen LogP contribution in [-0.4, -0.2) is 75.7 Å². The molecule has 8 heteroatoms. The standard InChI is InChI=1S/C22H22N4O4/c27-21(24-8-10-25(11-9-24)22(28)20-7-12-30-20)16-3-1-15(2-4-16)17-5-6-18-14-26(29)23-19(18)13-17/h1-6,13-14,20,29H,7-12H2. The molecule has 0 bridgehead atoms. The number of aromatic nitrogens is 2. The molecule has 0 saturated carbocycles. The summed E-state index contributed by atoms with van der Waals surface area (Å²) in [5, 5.41) is 14.3. The highest BCUT2D eigenvalue weighted by Crippen LogP contribution is 2.24. The Balaban J connectivity index is 1.24. The number of ether oxygens (including phenoxy) is 1. The molecular weight excluding hydrogens is 384 g/mol. The van der Waals surface area contributed by atoms with Gasteiger partial charge in [-0.3, -0.25) is 9.59 Å². The van der Waals surface area contributed by atoms with Crippen LogP contribution < -0.4 is 0 Å². The van der Waals surface area contributed by atoms with E-state index in [0.29, 0.717) is 43.9 Å². The molecule has 1 N–H and O–H groups in total. The molecule has 2 aliphatic heterocycles. The molecule has 0 spiro atoms. The van der Waals surface area contributed by atoms with Gasteiger partial charge in [0.05, 0.1) is 18.3 Å². The van der Waals surface area contributed by atoms with E-state index in [1.54, 1.807) is 16.0 Å². The van der Waals surface area contributed by atoms with Crippen LogP contribution in [0.25, 0.3) is 22.0 Å². The van der Waals surface area contributed by atoms with E-state index in [0.717, 1.165) is 27.8 Å². The van der Waals surface area contributed by atoms with Crippen LogP contribution in [0.15, 0.2) is 48.7 Å². The summed E-state index contributed by atoms with van der Waals surface area (Å²) >= 11 is 0. The molecule has 0 radical (unpaired) electrons. The van der Waals surface area contributed by atoms with Crippen molar-refractivity contribution >= 4 is 22.7 Å². The zero-order valence-electron chi connectivity index (χ0n) is 16.4. The predicted molar refractivity (Wildman–Crippen MR) is 109 cm³/mol. The van der Waals surface area contributed by atoms with Crippen molar-refractivity contribution in [2.75, 3.05) is 32.8 Å². The third-order valence-corrected chi connectivity index (χ3v) is 5.81. The number of benzene rings is 2. The first kappa shape index (κ1) is 18.6. The summed E-state index contributed by atoms with van der Waals surface area (Å²) in [7, 11) is 0. The molecule has 0 aliphatic carbocycles. The van der Waals surface area contributed by atoms with Crippen molar-refractivity contribution in [1.29, 1.82) is 0 Å². The maximum Gasteiger partial charge on any atom is 0.253 e. The molecule has 30 heavy (non-hydrogen) atoms. The van der Waals surface area contributed by atoms with Crippen molar-refractivity contribution in [3.05, 3.63) is 54.2 Å². The minimum Gasteiger partial charge on any atom is -0.412 e. The Hall–Kier alpha value is -3.39. The van der Waals surface area contributed by atoms with E-state index >= 15 is 0 Å². The smallest absolute Gasteiger partial charge is 0.253 e. The molecule has 1 aromatic heterocycles. The van der Waals surface area contributed by atoms with Gasteiger partial charge in [0.1, 0.15) is 6.10 Å². The normalized spacial score (nSPS) is 19.0. The molecule has 3 aromatic rings. The van der Waals surface area contributed by atoms with Gasteiger partial charge in [-0.2, -0.15) is 0 Å². The van der Waals surface area contributed by atoms with Crippen molar-refractivity contribution in [2.24, 2.45) is 0 Å². The highest BCUT2D eigenvalue weighted by Gasteiger charge is 2.33. The average Bonchev–Trinajstić information content (AvgIpc) is 3.11. The lowest BCUT2D eigenvalue weighted by atomic mass is 10.0. The lowest BCUT2D eigenvalue weighted by Gasteiger charge is -2.38. The van der Waals surface area contributed by atoms with Gasteiger partial charge in [0.15, 0.2) is 0 Å². The maximum absolute atomic E-state index is 12.9. The highest BCUT2D eigenvalue weighted by atomic mass is 16.5. The van der Waals surface area contributed by atoms with E-state index < -0.39 is 0 Å². The second-order valence-electron chi connectivity index (χ2n) is 7.67. The van der Waals surface area contributed by atoms with Crippen LogP contribution in [0.2, 0.25) is 0 Å². The fourth-order valence-electron chi connectivity index (χ4n) is 3.93. The number of hydrogen-bond acceptors (Lipinski definition) is 5. The Morgan fingerprint density at radius 3 is 2.30 bits per heavy atom. The number of carbonyl (C=O) groups is 2. The zero-order valence-corrected chi connectivity index (χ0v) is 16.4. The van der Waals surface area contributed by atoms with Crippen molar-refractivity contribution in [1.82, 2.24) is 19.7 Å². The van der Waals surface area contributed by atoms with E-state index in [-0.39, 0.29) is 17.9 Å². The Bertz CT molecular complexity index is 1100. The molecule has 1 atom stereocenters. The van der Waals surface area contributed by atoms with Gasteiger partial charge in [-0.25, -0.2) is 0 Å². The molecule has 8 nitrogen and oxygen atoms in total. The van der Waals surface area contributed by atoms with Crippen LogP contribution in [0.4, 0.5) is 0 Å². The molecule has 1 unspecified atom stereocenters. The molecule has 2 saturated heterocycles. The van der Waals surface area contributed by atoms with Crippen LogP contribution in [0.1, 0.15) is 16.8 Å². The van der Waals surface area contributed by atoms with Gasteiger partial charge in [0.2, 0.25) is 0 Å². The van der Waals surface area contributed by atoms with Crippen LogP contribution in [0, 0.1) is 0 Å². The van der Waals surface area contributed by atoms with E-state index in [2.05, 4.69) is 5.10 Å². The summed E-state index contributed by atoms with van der Waals surface area (Å²) in [6, 6.07) is 13.2. The van der Waals surface area contributed by atoms with Crippen LogP contribution in [0.3, 0.4) is 0 Å². The zero-order chi connectivity index (χ0) is 20.7. The van der Waals surface area contributed by atoms with E-state index in [1.165, 1.54) is 0 Å². The summed E-state index contributed by atoms with van der Waals surface area (Å²) in [5.41, 5.74) is 3.26. The third kappa shape index (κ3) is 3.39. The van der Waals surface area contributed by atoms with Gasteiger partial charge in [-0.1, -0.05) is 24.3 Å². The number of rotatable bonds is 3. The quantitative estimate of drug-likeness (QED) is 0.673. The van der Waals surface area contributed by atoms with Crippen molar-refractivity contribution in [2.45, 2.75) is 12.5 Å². The van der Waals surface area contributed by atoms with Gasteiger partial charge in [0, 0.05) is 43.5 Å². The van der Waals surface area contributed by atoms with Crippen molar-refractivity contribution in [3.8, 4) is 11.1 Å². The maximum atomic E-state index is 12.9. The van der Waals surface area contributed by atoms with Gasteiger partial charge in [0.25, 0.3) is 11.8 Å². The minimum atomic E-state index is -0.287. The summed E-state index contributed by atoms with van der Waals surface area (Å²) in [6.07, 6.45) is 2.05. The van der Waals surface area contributed by atoms with Crippen LogP contribution in [0.5, 0.6) is 0 Å². The van der Waals surface area contributed by atoms with Crippen molar-refractivity contribution in [3.63, 3.8) is 0 Å². The van der Waals surface area contributed by atoms with Crippen LogP contribution in [-0.2, 0) is 9.53 Å². The first-order valence-corrected chi connectivity index (χ1v) is 10.1. The Labute approximate surface area is 173 Å². The van der Waals surface area contributed by atoms with E-state index in [1.807, 2.05) is 42.5 Å². The molecule has 3 heterocycles. The van der Waals surface area contributed by atoms with Gasteiger partial charge < -0.3 is 19.7 Å². The summed E-state index contributed by atoms with van der Waals surface area (Å²) in [6.45, 7) is 2.79. The number of piperazine rings is 1. The SMILES string of the molecule is O=C(c1ccc(-c2ccc3cn(O)nc3c2)cc1)N1CCN(C(=O)C2CCO2)CC1. The average molecular weight is 406 g/mol. The summed E-state index contributed by atoms with van der Waals surface area (Å²) in [4.78, 5) is 29.5.